The molecule has 0 radical (unpaired) electrons. The number of rotatable bonds is 6. The van der Waals surface area contributed by atoms with Gasteiger partial charge in [0.25, 0.3) is 0 Å². The number of hydrogen-bond acceptors (Lipinski definition) is 6. The molecule has 0 spiro atoms. The highest BCUT2D eigenvalue weighted by Gasteiger charge is 2.12. The fourth-order valence-corrected chi connectivity index (χ4v) is 3.54. The minimum absolute atomic E-state index is 0.520. The summed E-state index contributed by atoms with van der Waals surface area (Å²) < 4.78 is 5.58. The Labute approximate surface area is 159 Å². The van der Waals surface area contributed by atoms with Crippen LogP contribution in [0, 0.1) is 13.8 Å². The Kier molecular flexibility index (Phi) is 5.16. The third kappa shape index (κ3) is 4.34. The van der Waals surface area contributed by atoms with Crippen LogP contribution in [0.1, 0.15) is 35.5 Å². The van der Waals surface area contributed by atoms with Crippen LogP contribution >= 0.6 is 0 Å². The molecule has 27 heavy (non-hydrogen) atoms. The van der Waals surface area contributed by atoms with Gasteiger partial charge in [-0.1, -0.05) is 24.3 Å². The fraction of sp³-hybridized carbons (Fsp3) is 0.381. The van der Waals surface area contributed by atoms with Gasteiger partial charge in [-0.2, -0.15) is 5.10 Å². The van der Waals surface area contributed by atoms with Crippen molar-refractivity contribution in [2.24, 2.45) is 0 Å². The molecule has 0 atom stereocenters. The number of likely N-dealkylation sites (tertiary alicyclic amines) is 1. The average molecular weight is 363 g/mol. The summed E-state index contributed by atoms with van der Waals surface area (Å²) in [5.41, 5.74) is 4.29. The van der Waals surface area contributed by atoms with Crippen molar-refractivity contribution < 1.29 is 4.42 Å². The smallest absolute Gasteiger partial charge is 0.243 e. The van der Waals surface area contributed by atoms with Gasteiger partial charge >= 0.3 is 0 Å². The molecular formula is C21H25N5O. The number of nitrogens with zero attached hydrogens (tertiary/aromatic N) is 4. The molecule has 6 nitrogen and oxygen atoms in total. The molecule has 3 aromatic rings. The van der Waals surface area contributed by atoms with Crippen molar-refractivity contribution in [3.05, 3.63) is 59.2 Å². The number of furan rings is 1. The van der Waals surface area contributed by atoms with Crippen LogP contribution in [0.5, 0.6) is 0 Å². The average Bonchev–Trinajstić information content (AvgIpc) is 3.30. The second kappa shape index (κ2) is 7.88. The van der Waals surface area contributed by atoms with Gasteiger partial charge in [0.2, 0.25) is 5.95 Å². The highest BCUT2D eigenvalue weighted by atomic mass is 16.3. The molecule has 140 valence electrons. The summed E-state index contributed by atoms with van der Waals surface area (Å²) in [7, 11) is 0. The number of anilines is 1. The predicted octanol–water partition coefficient (Wildman–Crippen LogP) is 3.96. The first kappa shape index (κ1) is 17.7. The third-order valence-electron chi connectivity index (χ3n) is 4.95. The lowest BCUT2D eigenvalue weighted by Crippen LogP contribution is -2.18. The predicted molar refractivity (Wildman–Crippen MR) is 105 cm³/mol. The number of hydrogen-bond donors (Lipinski definition) is 1. The lowest BCUT2D eigenvalue weighted by atomic mass is 10.1. The molecule has 1 aromatic carbocycles. The van der Waals surface area contributed by atoms with Gasteiger partial charge in [-0.05, 0) is 57.0 Å². The van der Waals surface area contributed by atoms with E-state index >= 15 is 0 Å². The fourth-order valence-electron chi connectivity index (χ4n) is 3.54. The summed E-state index contributed by atoms with van der Waals surface area (Å²) in [5, 5.41) is 11.4. The zero-order valence-corrected chi connectivity index (χ0v) is 15.9. The molecule has 2 aromatic heterocycles. The first-order valence-electron chi connectivity index (χ1n) is 9.48. The maximum Gasteiger partial charge on any atom is 0.243 e. The van der Waals surface area contributed by atoms with Gasteiger partial charge in [-0.25, -0.2) is 4.98 Å². The summed E-state index contributed by atoms with van der Waals surface area (Å²) >= 11 is 0. The molecule has 0 aliphatic carbocycles. The van der Waals surface area contributed by atoms with Gasteiger partial charge in [-0.3, -0.25) is 4.90 Å². The Bertz CT molecular complexity index is 897. The van der Waals surface area contributed by atoms with Crippen molar-refractivity contribution in [3.63, 3.8) is 0 Å². The van der Waals surface area contributed by atoms with Crippen molar-refractivity contribution in [2.45, 2.75) is 39.8 Å². The summed E-state index contributed by atoms with van der Waals surface area (Å²) in [6, 6.07) is 10.7. The van der Waals surface area contributed by atoms with E-state index in [1.165, 1.54) is 37.1 Å². The van der Waals surface area contributed by atoms with Crippen LogP contribution in [-0.4, -0.2) is 33.2 Å². The molecule has 0 unspecified atom stereocenters. The van der Waals surface area contributed by atoms with E-state index in [1.807, 2.05) is 19.9 Å². The van der Waals surface area contributed by atoms with Gasteiger partial charge in [0.05, 0.1) is 11.9 Å². The van der Waals surface area contributed by atoms with Crippen LogP contribution in [0.15, 0.2) is 40.9 Å². The van der Waals surface area contributed by atoms with Crippen LogP contribution in [0.2, 0.25) is 0 Å². The standard InChI is InChI=1S/C21H25N5O/c1-15-11-19(16(2)27-15)20-13-23-25-21(24-20)22-12-17-5-7-18(8-6-17)14-26-9-3-4-10-26/h5-8,11,13H,3-4,9-10,12,14H2,1-2H3,(H,22,24,25). The molecule has 0 amide bonds. The molecule has 1 N–H and O–H groups in total. The van der Waals surface area contributed by atoms with E-state index < -0.39 is 0 Å². The van der Waals surface area contributed by atoms with Gasteiger partial charge in [-0.15, -0.1) is 5.10 Å². The SMILES string of the molecule is Cc1cc(-c2cnnc(NCc3ccc(CN4CCCC4)cc3)n2)c(C)o1. The first-order valence-corrected chi connectivity index (χ1v) is 9.48. The van der Waals surface area contributed by atoms with E-state index in [4.69, 9.17) is 4.42 Å². The number of aromatic nitrogens is 3. The summed E-state index contributed by atoms with van der Waals surface area (Å²) in [5.74, 6) is 2.23. The molecule has 3 heterocycles. The van der Waals surface area contributed by atoms with Crippen molar-refractivity contribution in [1.82, 2.24) is 20.1 Å². The van der Waals surface area contributed by atoms with Crippen molar-refractivity contribution in [1.29, 1.82) is 0 Å². The number of benzene rings is 1. The molecular weight excluding hydrogens is 338 g/mol. The minimum Gasteiger partial charge on any atom is -0.466 e. The second-order valence-corrected chi connectivity index (χ2v) is 7.15. The van der Waals surface area contributed by atoms with E-state index in [1.54, 1.807) is 6.20 Å². The Morgan fingerprint density at radius 3 is 2.52 bits per heavy atom. The summed E-state index contributed by atoms with van der Waals surface area (Å²) in [6.45, 7) is 8.02. The molecule has 0 saturated carbocycles. The highest BCUT2D eigenvalue weighted by molar-refractivity contribution is 5.61. The quantitative estimate of drug-likeness (QED) is 0.715. The summed E-state index contributed by atoms with van der Waals surface area (Å²) in [4.78, 5) is 7.08. The molecule has 1 aliphatic heterocycles. The highest BCUT2D eigenvalue weighted by Crippen LogP contribution is 2.24. The molecule has 1 saturated heterocycles. The maximum atomic E-state index is 5.58. The normalized spacial score (nSPS) is 14.6. The van der Waals surface area contributed by atoms with Gasteiger partial charge in [0.15, 0.2) is 0 Å². The molecule has 4 rings (SSSR count). The molecule has 1 aliphatic rings. The molecule has 1 fully saturated rings. The van der Waals surface area contributed by atoms with Crippen LogP contribution < -0.4 is 5.32 Å². The monoisotopic (exact) mass is 363 g/mol. The maximum absolute atomic E-state index is 5.58. The third-order valence-corrected chi connectivity index (χ3v) is 4.95. The van der Waals surface area contributed by atoms with Crippen LogP contribution in [-0.2, 0) is 13.1 Å². The largest absolute Gasteiger partial charge is 0.466 e. The van der Waals surface area contributed by atoms with Crippen molar-refractivity contribution >= 4 is 5.95 Å². The second-order valence-electron chi connectivity index (χ2n) is 7.15. The Balaban J connectivity index is 1.38. The topological polar surface area (TPSA) is 67.1 Å². The Hall–Kier alpha value is -2.73. The van der Waals surface area contributed by atoms with Crippen LogP contribution in [0.4, 0.5) is 5.95 Å². The molecule has 0 bridgehead atoms. The molecule has 6 heteroatoms. The minimum atomic E-state index is 0.520. The zero-order valence-electron chi connectivity index (χ0n) is 15.9. The summed E-state index contributed by atoms with van der Waals surface area (Å²) in [6.07, 6.45) is 4.32. The van der Waals surface area contributed by atoms with Crippen molar-refractivity contribution in [3.8, 4) is 11.3 Å². The lowest BCUT2D eigenvalue weighted by molar-refractivity contribution is 0.331. The number of nitrogens with one attached hydrogen (secondary N) is 1. The zero-order chi connectivity index (χ0) is 18.6. The Morgan fingerprint density at radius 1 is 1.07 bits per heavy atom. The van der Waals surface area contributed by atoms with Gasteiger partial charge < -0.3 is 9.73 Å². The van der Waals surface area contributed by atoms with E-state index in [0.29, 0.717) is 12.5 Å². The van der Waals surface area contributed by atoms with E-state index in [0.717, 1.165) is 29.3 Å². The van der Waals surface area contributed by atoms with Crippen LogP contribution in [0.3, 0.4) is 0 Å². The van der Waals surface area contributed by atoms with E-state index in [-0.39, 0.29) is 0 Å². The van der Waals surface area contributed by atoms with Crippen molar-refractivity contribution in [2.75, 3.05) is 18.4 Å². The lowest BCUT2D eigenvalue weighted by Gasteiger charge is -2.14. The van der Waals surface area contributed by atoms with E-state index in [2.05, 4.69) is 49.7 Å². The Morgan fingerprint density at radius 2 is 1.81 bits per heavy atom. The van der Waals surface area contributed by atoms with Crippen LogP contribution in [0.25, 0.3) is 11.3 Å². The number of aryl methyl sites for hydroxylation is 2. The van der Waals surface area contributed by atoms with Gasteiger partial charge in [0, 0.05) is 18.7 Å². The van der Waals surface area contributed by atoms with Gasteiger partial charge in [0.1, 0.15) is 11.5 Å². The first-order chi connectivity index (χ1) is 13.2. The van der Waals surface area contributed by atoms with E-state index in [9.17, 15) is 0 Å².